The molecule has 0 aliphatic carbocycles. The highest BCUT2D eigenvalue weighted by atomic mass is 35.5. The van der Waals surface area contributed by atoms with Crippen molar-refractivity contribution in [2.75, 3.05) is 5.32 Å². The van der Waals surface area contributed by atoms with E-state index < -0.39 is 10.8 Å². The number of carbonyl (C=O) groups is 1. The predicted octanol–water partition coefficient (Wildman–Crippen LogP) is 4.20. The molecule has 1 aromatic heterocycles. The topological polar surface area (TPSA) is 85.1 Å². The third-order valence-corrected chi connectivity index (χ3v) is 3.38. The van der Waals surface area contributed by atoms with Crippen LogP contribution in [0.3, 0.4) is 0 Å². The molecule has 0 atom stereocenters. The number of nitro groups is 1. The van der Waals surface area contributed by atoms with Crippen LogP contribution in [0.4, 0.5) is 11.4 Å². The Kier molecular flexibility index (Phi) is 4.62. The van der Waals surface area contributed by atoms with Crippen LogP contribution < -0.4 is 5.32 Å². The minimum Gasteiger partial charge on any atom is -0.316 e. The summed E-state index contributed by atoms with van der Waals surface area (Å²) >= 11 is 17.2. The van der Waals surface area contributed by atoms with Crippen molar-refractivity contribution in [2.45, 2.75) is 0 Å². The Labute approximate surface area is 133 Å². The summed E-state index contributed by atoms with van der Waals surface area (Å²) in [5.74, 6) is -0.619. The molecule has 0 saturated carbocycles. The smallest absolute Gasteiger partial charge is 0.292 e. The number of benzene rings is 1. The Bertz CT molecular complexity index is 737. The van der Waals surface area contributed by atoms with E-state index in [1.807, 2.05) is 0 Å². The minimum atomic E-state index is -0.626. The first kappa shape index (κ1) is 15.5. The second-order valence-electron chi connectivity index (χ2n) is 3.87. The molecule has 0 radical (unpaired) electrons. The molecule has 0 spiro atoms. The molecule has 9 heteroatoms. The van der Waals surface area contributed by atoms with Crippen molar-refractivity contribution in [3.8, 4) is 0 Å². The van der Waals surface area contributed by atoms with Crippen LogP contribution in [0, 0.1) is 10.1 Å². The molecule has 1 aromatic carbocycles. The molecule has 1 heterocycles. The molecule has 0 aliphatic rings. The van der Waals surface area contributed by atoms with Crippen LogP contribution in [0.1, 0.15) is 10.4 Å². The standard InChI is InChI=1S/C12H6Cl3N3O3/c13-7-1-2-10(18(20)21)9(4-7)17-12(19)6-3-8(14)11(15)16-5-6/h1-5H,(H,17,19). The molecule has 0 saturated heterocycles. The molecule has 6 nitrogen and oxygen atoms in total. The van der Waals surface area contributed by atoms with Gasteiger partial charge in [-0.2, -0.15) is 0 Å². The fourth-order valence-electron chi connectivity index (χ4n) is 1.51. The van der Waals surface area contributed by atoms with Gasteiger partial charge < -0.3 is 5.32 Å². The van der Waals surface area contributed by atoms with Gasteiger partial charge in [-0.1, -0.05) is 34.8 Å². The van der Waals surface area contributed by atoms with Gasteiger partial charge in [0.2, 0.25) is 0 Å². The summed E-state index contributed by atoms with van der Waals surface area (Å²) < 4.78 is 0. The first-order valence-corrected chi connectivity index (χ1v) is 6.58. The second kappa shape index (κ2) is 6.26. The van der Waals surface area contributed by atoms with E-state index in [9.17, 15) is 14.9 Å². The van der Waals surface area contributed by atoms with Crippen molar-refractivity contribution in [3.63, 3.8) is 0 Å². The number of halogens is 3. The van der Waals surface area contributed by atoms with Gasteiger partial charge in [0.1, 0.15) is 10.8 Å². The molecule has 1 amide bonds. The first-order chi connectivity index (χ1) is 9.88. The number of aromatic nitrogens is 1. The van der Waals surface area contributed by atoms with Crippen LogP contribution in [-0.4, -0.2) is 15.8 Å². The Morgan fingerprint density at radius 3 is 2.57 bits per heavy atom. The molecule has 108 valence electrons. The lowest BCUT2D eigenvalue weighted by Crippen LogP contribution is -2.13. The zero-order valence-corrected chi connectivity index (χ0v) is 12.4. The maximum Gasteiger partial charge on any atom is 0.292 e. The number of hydrogen-bond acceptors (Lipinski definition) is 4. The molecule has 1 N–H and O–H groups in total. The minimum absolute atomic E-state index is 0.0245. The number of pyridine rings is 1. The average molecular weight is 347 g/mol. The van der Waals surface area contributed by atoms with Gasteiger partial charge in [-0.15, -0.1) is 0 Å². The van der Waals surface area contributed by atoms with Crippen LogP contribution in [0.5, 0.6) is 0 Å². The zero-order valence-electron chi connectivity index (χ0n) is 10.1. The van der Waals surface area contributed by atoms with Crippen molar-refractivity contribution < 1.29 is 9.72 Å². The summed E-state index contributed by atoms with van der Waals surface area (Å²) in [6.45, 7) is 0. The van der Waals surface area contributed by atoms with Crippen molar-refractivity contribution in [2.24, 2.45) is 0 Å². The van der Waals surface area contributed by atoms with Gasteiger partial charge in [0.25, 0.3) is 11.6 Å². The molecule has 0 aliphatic heterocycles. The van der Waals surface area contributed by atoms with E-state index in [-0.39, 0.29) is 32.1 Å². The molecule has 2 aromatic rings. The number of rotatable bonds is 3. The highest BCUT2D eigenvalue weighted by Crippen LogP contribution is 2.28. The van der Waals surface area contributed by atoms with Crippen LogP contribution in [0.2, 0.25) is 15.2 Å². The van der Waals surface area contributed by atoms with Crippen LogP contribution in [0.15, 0.2) is 30.5 Å². The first-order valence-electron chi connectivity index (χ1n) is 5.45. The number of carbonyl (C=O) groups excluding carboxylic acids is 1. The number of nitrogens with zero attached hydrogens (tertiary/aromatic N) is 2. The summed E-state index contributed by atoms with van der Waals surface area (Å²) in [6.07, 6.45) is 1.21. The zero-order chi connectivity index (χ0) is 15.6. The van der Waals surface area contributed by atoms with Gasteiger partial charge in [-0.3, -0.25) is 14.9 Å². The van der Waals surface area contributed by atoms with Gasteiger partial charge in [0.15, 0.2) is 0 Å². The second-order valence-corrected chi connectivity index (χ2v) is 5.07. The lowest BCUT2D eigenvalue weighted by molar-refractivity contribution is -0.383. The van der Waals surface area contributed by atoms with Crippen molar-refractivity contribution in [1.29, 1.82) is 0 Å². The molecular formula is C12H6Cl3N3O3. The quantitative estimate of drug-likeness (QED) is 0.512. The van der Waals surface area contributed by atoms with Gasteiger partial charge in [0, 0.05) is 17.3 Å². The van der Waals surface area contributed by atoms with Crippen molar-refractivity contribution in [1.82, 2.24) is 4.98 Å². The average Bonchev–Trinajstić information content (AvgIpc) is 2.41. The van der Waals surface area contributed by atoms with E-state index in [0.717, 1.165) is 0 Å². The van der Waals surface area contributed by atoms with E-state index in [1.54, 1.807) is 0 Å². The van der Waals surface area contributed by atoms with E-state index in [1.165, 1.54) is 30.5 Å². The lowest BCUT2D eigenvalue weighted by atomic mass is 10.2. The number of nitro benzene ring substituents is 1. The third kappa shape index (κ3) is 3.60. The Balaban J connectivity index is 2.33. The summed E-state index contributed by atoms with van der Waals surface area (Å²) in [7, 11) is 0. The predicted molar refractivity (Wildman–Crippen MR) is 80.3 cm³/mol. The van der Waals surface area contributed by atoms with Gasteiger partial charge in [-0.05, 0) is 18.2 Å². The van der Waals surface area contributed by atoms with E-state index in [0.29, 0.717) is 0 Å². The maximum absolute atomic E-state index is 12.0. The Morgan fingerprint density at radius 1 is 1.24 bits per heavy atom. The molecule has 0 bridgehead atoms. The molecular weight excluding hydrogens is 341 g/mol. The lowest BCUT2D eigenvalue weighted by Gasteiger charge is -2.07. The number of nitrogens with one attached hydrogen (secondary N) is 1. The van der Waals surface area contributed by atoms with Gasteiger partial charge in [-0.25, -0.2) is 4.98 Å². The Morgan fingerprint density at radius 2 is 1.95 bits per heavy atom. The highest BCUT2D eigenvalue weighted by Gasteiger charge is 2.17. The van der Waals surface area contributed by atoms with E-state index in [4.69, 9.17) is 34.8 Å². The normalized spacial score (nSPS) is 10.2. The molecule has 0 unspecified atom stereocenters. The molecule has 21 heavy (non-hydrogen) atoms. The highest BCUT2D eigenvalue weighted by molar-refractivity contribution is 6.41. The van der Waals surface area contributed by atoms with Gasteiger partial charge >= 0.3 is 0 Å². The number of anilines is 1. The number of hydrogen-bond donors (Lipinski definition) is 1. The largest absolute Gasteiger partial charge is 0.316 e. The maximum atomic E-state index is 12.0. The van der Waals surface area contributed by atoms with Crippen LogP contribution >= 0.6 is 34.8 Å². The summed E-state index contributed by atoms with van der Waals surface area (Å²) in [6, 6.07) is 5.15. The molecule has 0 fully saturated rings. The fourth-order valence-corrected chi connectivity index (χ4v) is 1.95. The van der Waals surface area contributed by atoms with Crippen LogP contribution in [0.25, 0.3) is 0 Å². The van der Waals surface area contributed by atoms with E-state index in [2.05, 4.69) is 10.3 Å². The fraction of sp³-hybridized carbons (Fsp3) is 0. The SMILES string of the molecule is O=C(Nc1cc(Cl)ccc1[N+](=O)[O-])c1cnc(Cl)c(Cl)c1. The van der Waals surface area contributed by atoms with E-state index >= 15 is 0 Å². The van der Waals surface area contributed by atoms with Crippen molar-refractivity contribution in [3.05, 3.63) is 61.3 Å². The summed E-state index contributed by atoms with van der Waals surface area (Å²) in [5, 5.41) is 13.7. The monoisotopic (exact) mass is 345 g/mol. The molecule has 2 rings (SSSR count). The van der Waals surface area contributed by atoms with Crippen molar-refractivity contribution >= 4 is 52.1 Å². The number of amides is 1. The Hall–Kier alpha value is -1.89. The summed E-state index contributed by atoms with van der Waals surface area (Å²) in [5.41, 5.74) is -0.192. The third-order valence-electron chi connectivity index (χ3n) is 2.46. The van der Waals surface area contributed by atoms with Gasteiger partial charge in [0.05, 0.1) is 15.5 Å². The summed E-state index contributed by atoms with van der Waals surface area (Å²) in [4.78, 5) is 26.1. The van der Waals surface area contributed by atoms with Crippen LogP contribution in [-0.2, 0) is 0 Å².